The SMILES string of the molecule is COCOCCC(C(=O)OO)C(=O)OO. The van der Waals surface area contributed by atoms with Gasteiger partial charge in [-0.25, -0.2) is 9.59 Å². The third-order valence-electron chi connectivity index (χ3n) is 1.50. The third kappa shape index (κ3) is 5.27. The molecular weight excluding hydrogens is 212 g/mol. The standard InChI is InChI=1S/C7H12O8/c1-12-4-13-3-2-5(6(8)14-10)7(9)15-11/h5,10-11H,2-4H2,1H3. The minimum absolute atomic E-state index is 0.00269. The smallest absolute Gasteiger partial charge is 0.356 e. The monoisotopic (exact) mass is 224 g/mol. The summed E-state index contributed by atoms with van der Waals surface area (Å²) in [7, 11) is 1.40. The minimum Gasteiger partial charge on any atom is -0.359 e. The van der Waals surface area contributed by atoms with Gasteiger partial charge in [-0.15, -0.1) is 0 Å². The van der Waals surface area contributed by atoms with Crippen molar-refractivity contribution in [3.05, 3.63) is 0 Å². The fourth-order valence-electron chi connectivity index (χ4n) is 0.803. The van der Waals surface area contributed by atoms with Crippen molar-refractivity contribution in [2.24, 2.45) is 5.92 Å². The summed E-state index contributed by atoms with van der Waals surface area (Å²) in [6.07, 6.45) is -0.109. The van der Waals surface area contributed by atoms with Gasteiger partial charge in [-0.05, 0) is 6.42 Å². The lowest BCUT2D eigenvalue weighted by atomic mass is 10.1. The van der Waals surface area contributed by atoms with E-state index in [0.29, 0.717) is 0 Å². The highest BCUT2D eigenvalue weighted by Gasteiger charge is 2.30. The molecule has 0 unspecified atom stereocenters. The zero-order valence-electron chi connectivity index (χ0n) is 8.04. The molecule has 0 heterocycles. The number of methoxy groups -OCH3 is 1. The van der Waals surface area contributed by atoms with Gasteiger partial charge in [0.1, 0.15) is 6.79 Å². The fraction of sp³-hybridized carbons (Fsp3) is 0.714. The summed E-state index contributed by atoms with van der Waals surface area (Å²) in [5, 5.41) is 16.1. The molecule has 8 heteroatoms. The summed E-state index contributed by atoms with van der Waals surface area (Å²) < 4.78 is 9.35. The van der Waals surface area contributed by atoms with E-state index in [9.17, 15) is 9.59 Å². The van der Waals surface area contributed by atoms with Gasteiger partial charge in [0.15, 0.2) is 5.92 Å². The van der Waals surface area contributed by atoms with Crippen LogP contribution in [0, 0.1) is 5.92 Å². The Bertz CT molecular complexity index is 187. The number of ether oxygens (including phenoxy) is 2. The Hall–Kier alpha value is -1.22. The highest BCUT2D eigenvalue weighted by atomic mass is 17.1. The average molecular weight is 224 g/mol. The van der Waals surface area contributed by atoms with Crippen LogP contribution in [0.2, 0.25) is 0 Å². The van der Waals surface area contributed by atoms with Crippen molar-refractivity contribution in [1.29, 1.82) is 0 Å². The van der Waals surface area contributed by atoms with Crippen LogP contribution in [0.3, 0.4) is 0 Å². The first-order valence-corrected chi connectivity index (χ1v) is 3.94. The van der Waals surface area contributed by atoms with E-state index in [0.717, 1.165) is 0 Å². The molecule has 0 aliphatic heterocycles. The van der Waals surface area contributed by atoms with Crippen molar-refractivity contribution in [1.82, 2.24) is 0 Å². The maximum Gasteiger partial charge on any atom is 0.356 e. The molecule has 0 fully saturated rings. The first kappa shape index (κ1) is 13.8. The molecule has 0 saturated carbocycles. The first-order chi connectivity index (χ1) is 7.17. The van der Waals surface area contributed by atoms with Crippen LogP contribution < -0.4 is 0 Å². The van der Waals surface area contributed by atoms with Gasteiger partial charge in [-0.3, -0.25) is 0 Å². The van der Waals surface area contributed by atoms with E-state index in [1.54, 1.807) is 0 Å². The Labute approximate surface area is 85.2 Å². The van der Waals surface area contributed by atoms with Crippen LogP contribution in [0.4, 0.5) is 0 Å². The van der Waals surface area contributed by atoms with Gasteiger partial charge in [0, 0.05) is 7.11 Å². The van der Waals surface area contributed by atoms with Gasteiger partial charge >= 0.3 is 11.9 Å². The Morgan fingerprint density at radius 2 is 1.73 bits per heavy atom. The Balaban J connectivity index is 4.02. The van der Waals surface area contributed by atoms with E-state index >= 15 is 0 Å². The molecule has 0 bridgehead atoms. The highest BCUT2D eigenvalue weighted by molar-refractivity contribution is 5.94. The maximum absolute atomic E-state index is 10.8. The second kappa shape index (κ2) is 8.12. The number of rotatable bonds is 7. The Morgan fingerprint density at radius 3 is 2.13 bits per heavy atom. The minimum atomic E-state index is -1.43. The molecular formula is C7H12O8. The van der Waals surface area contributed by atoms with Crippen LogP contribution in [0.25, 0.3) is 0 Å². The normalized spacial score (nSPS) is 10.1. The molecule has 2 N–H and O–H groups in total. The Morgan fingerprint density at radius 1 is 1.20 bits per heavy atom. The van der Waals surface area contributed by atoms with Crippen LogP contribution in [-0.4, -0.2) is 43.0 Å². The fourth-order valence-corrected chi connectivity index (χ4v) is 0.803. The van der Waals surface area contributed by atoms with Crippen molar-refractivity contribution >= 4 is 11.9 Å². The lowest BCUT2D eigenvalue weighted by molar-refractivity contribution is -0.255. The van der Waals surface area contributed by atoms with Crippen LogP contribution in [0.15, 0.2) is 0 Å². The molecule has 0 aliphatic carbocycles. The zero-order chi connectivity index (χ0) is 11.7. The van der Waals surface area contributed by atoms with Crippen LogP contribution in [0.1, 0.15) is 6.42 Å². The van der Waals surface area contributed by atoms with Crippen molar-refractivity contribution in [2.75, 3.05) is 20.5 Å². The molecule has 0 saturated heterocycles. The third-order valence-corrected chi connectivity index (χ3v) is 1.50. The van der Waals surface area contributed by atoms with Crippen molar-refractivity contribution < 1.29 is 39.4 Å². The van der Waals surface area contributed by atoms with Crippen molar-refractivity contribution in [2.45, 2.75) is 6.42 Å². The summed E-state index contributed by atoms with van der Waals surface area (Å²) in [5.41, 5.74) is 0. The van der Waals surface area contributed by atoms with E-state index < -0.39 is 17.9 Å². The molecule has 0 spiro atoms. The van der Waals surface area contributed by atoms with Gasteiger partial charge in [0.2, 0.25) is 0 Å². The molecule has 0 atom stereocenters. The lowest BCUT2D eigenvalue weighted by Crippen LogP contribution is -2.28. The van der Waals surface area contributed by atoms with Gasteiger partial charge in [0.25, 0.3) is 0 Å². The molecule has 8 nitrogen and oxygen atoms in total. The topological polar surface area (TPSA) is 112 Å². The highest BCUT2D eigenvalue weighted by Crippen LogP contribution is 2.07. The predicted molar refractivity (Wildman–Crippen MR) is 43.4 cm³/mol. The molecule has 0 amide bonds. The second-order valence-electron chi connectivity index (χ2n) is 2.48. The number of hydrogen-bond acceptors (Lipinski definition) is 8. The molecule has 0 rings (SSSR count). The van der Waals surface area contributed by atoms with Crippen LogP contribution >= 0.6 is 0 Å². The van der Waals surface area contributed by atoms with Crippen molar-refractivity contribution in [3.63, 3.8) is 0 Å². The van der Waals surface area contributed by atoms with E-state index in [-0.39, 0.29) is 19.8 Å². The number of hydrogen-bond donors (Lipinski definition) is 2. The summed E-state index contributed by atoms with van der Waals surface area (Å²) in [6, 6.07) is 0. The molecule has 15 heavy (non-hydrogen) atoms. The van der Waals surface area contributed by atoms with Crippen LogP contribution in [0.5, 0.6) is 0 Å². The summed E-state index contributed by atoms with van der Waals surface area (Å²) in [5.74, 6) is -3.89. The van der Waals surface area contributed by atoms with Gasteiger partial charge in [-0.1, -0.05) is 0 Å². The largest absolute Gasteiger partial charge is 0.359 e. The molecule has 88 valence electrons. The number of carbonyl (C=O) groups is 2. The van der Waals surface area contributed by atoms with E-state index in [1.807, 2.05) is 0 Å². The quantitative estimate of drug-likeness (QED) is 0.198. The Kier molecular flexibility index (Phi) is 7.46. The van der Waals surface area contributed by atoms with Gasteiger partial charge in [0.05, 0.1) is 6.61 Å². The van der Waals surface area contributed by atoms with E-state index in [1.165, 1.54) is 7.11 Å². The zero-order valence-corrected chi connectivity index (χ0v) is 8.04. The summed E-state index contributed by atoms with van der Waals surface area (Å²) in [6.45, 7) is -0.00221. The lowest BCUT2D eigenvalue weighted by Gasteiger charge is -2.09. The van der Waals surface area contributed by atoms with Gasteiger partial charge < -0.3 is 19.2 Å². The predicted octanol–water partition coefficient (Wildman–Crippen LogP) is -0.354. The molecule has 0 aliphatic rings. The van der Waals surface area contributed by atoms with Crippen molar-refractivity contribution in [3.8, 4) is 0 Å². The maximum atomic E-state index is 10.8. The van der Waals surface area contributed by atoms with Gasteiger partial charge in [-0.2, -0.15) is 10.5 Å². The summed E-state index contributed by atoms with van der Waals surface area (Å²) in [4.78, 5) is 28.3. The van der Waals surface area contributed by atoms with E-state index in [4.69, 9.17) is 15.3 Å². The summed E-state index contributed by atoms with van der Waals surface area (Å²) >= 11 is 0. The molecule has 0 aromatic carbocycles. The molecule has 0 radical (unpaired) electrons. The average Bonchev–Trinajstić information content (AvgIpc) is 2.27. The molecule has 0 aromatic rings. The number of carbonyl (C=O) groups excluding carboxylic acids is 2. The second-order valence-corrected chi connectivity index (χ2v) is 2.48. The first-order valence-electron chi connectivity index (χ1n) is 3.94. The van der Waals surface area contributed by atoms with Crippen LogP contribution in [-0.2, 0) is 28.8 Å². The van der Waals surface area contributed by atoms with E-state index in [2.05, 4.69) is 14.5 Å². The molecule has 0 aromatic heterocycles.